The highest BCUT2D eigenvalue weighted by molar-refractivity contribution is 6.46. The Hall–Kier alpha value is -3.17. The lowest BCUT2D eigenvalue weighted by Gasteiger charge is -2.31. The highest BCUT2D eigenvalue weighted by Crippen LogP contribution is 2.41. The van der Waals surface area contributed by atoms with Crippen molar-refractivity contribution in [1.29, 1.82) is 0 Å². The summed E-state index contributed by atoms with van der Waals surface area (Å²) in [6, 6.07) is 6.54. The number of amides is 1. The topological polar surface area (TPSA) is 97.1 Å². The van der Waals surface area contributed by atoms with Gasteiger partial charge in [0.25, 0.3) is 11.7 Å². The van der Waals surface area contributed by atoms with Gasteiger partial charge in [0.2, 0.25) is 0 Å². The van der Waals surface area contributed by atoms with Crippen LogP contribution in [0.15, 0.2) is 29.8 Å². The summed E-state index contributed by atoms with van der Waals surface area (Å²) in [5, 5.41) is 15.7. The Morgan fingerprint density at radius 1 is 1.21 bits per heavy atom. The van der Waals surface area contributed by atoms with E-state index in [9.17, 15) is 14.7 Å². The first-order chi connectivity index (χ1) is 15.8. The number of nitrogens with zero attached hydrogens (tertiary/aromatic N) is 4. The van der Waals surface area contributed by atoms with Gasteiger partial charge in [0, 0.05) is 38.9 Å². The molecular formula is C24H30N4O5. The van der Waals surface area contributed by atoms with Crippen LogP contribution >= 0.6 is 0 Å². The summed E-state index contributed by atoms with van der Waals surface area (Å²) >= 11 is 0. The second kappa shape index (κ2) is 9.36. The van der Waals surface area contributed by atoms with Crippen molar-refractivity contribution in [2.24, 2.45) is 7.05 Å². The first-order valence-corrected chi connectivity index (χ1v) is 11.1. The summed E-state index contributed by atoms with van der Waals surface area (Å²) in [5.41, 5.74) is 2.58. The van der Waals surface area contributed by atoms with E-state index in [4.69, 9.17) is 9.47 Å². The first kappa shape index (κ1) is 23.0. The quantitative estimate of drug-likeness (QED) is 0.404. The standard InChI is InChI=1S/C24H30N4O5/c1-15-19(16(2)26(3)25-15)22(29)20-21(17-6-5-7-18(14-17)32-4)28(24(31)23(20)30)9-8-27-10-12-33-13-11-27/h5-7,14,21,29H,8-13H2,1-4H3/b22-20+/t21-/m1/s1. The van der Waals surface area contributed by atoms with E-state index in [1.807, 2.05) is 19.1 Å². The molecule has 33 heavy (non-hydrogen) atoms. The van der Waals surface area contributed by atoms with Crippen molar-refractivity contribution in [3.63, 3.8) is 0 Å². The number of ketones is 1. The van der Waals surface area contributed by atoms with Gasteiger partial charge in [0.05, 0.1) is 43.2 Å². The highest BCUT2D eigenvalue weighted by Gasteiger charge is 2.46. The number of aliphatic hydroxyl groups is 1. The maximum atomic E-state index is 13.2. The molecule has 1 aromatic carbocycles. The van der Waals surface area contributed by atoms with Crippen LogP contribution in [0.5, 0.6) is 5.75 Å². The number of methoxy groups -OCH3 is 1. The van der Waals surface area contributed by atoms with Crippen LogP contribution in [0.1, 0.15) is 28.6 Å². The molecule has 176 valence electrons. The molecule has 2 saturated heterocycles. The normalized spacial score (nSPS) is 21.1. The lowest BCUT2D eigenvalue weighted by molar-refractivity contribution is -0.140. The van der Waals surface area contributed by atoms with Gasteiger partial charge in [-0.3, -0.25) is 19.2 Å². The first-order valence-electron chi connectivity index (χ1n) is 11.1. The second-order valence-electron chi connectivity index (χ2n) is 8.39. The maximum Gasteiger partial charge on any atom is 0.295 e. The summed E-state index contributed by atoms with van der Waals surface area (Å²) in [5.74, 6) is -0.889. The lowest BCUT2D eigenvalue weighted by atomic mass is 9.94. The van der Waals surface area contributed by atoms with Gasteiger partial charge in [-0.15, -0.1) is 0 Å². The van der Waals surface area contributed by atoms with Crippen LogP contribution in [-0.2, 0) is 21.4 Å². The molecule has 2 aliphatic heterocycles. The number of hydrogen-bond donors (Lipinski definition) is 1. The number of morpholine rings is 1. The zero-order valence-corrected chi connectivity index (χ0v) is 19.5. The van der Waals surface area contributed by atoms with E-state index in [0.717, 1.165) is 13.1 Å². The molecule has 1 atom stereocenters. The number of Topliss-reactive ketones (excluding diaryl/α,β-unsaturated/α-hetero) is 1. The Balaban J connectivity index is 1.79. The molecule has 9 nitrogen and oxygen atoms in total. The number of aliphatic hydroxyl groups excluding tert-OH is 1. The molecular weight excluding hydrogens is 424 g/mol. The second-order valence-corrected chi connectivity index (χ2v) is 8.39. The van der Waals surface area contributed by atoms with E-state index in [2.05, 4.69) is 10.00 Å². The Labute approximate surface area is 193 Å². The van der Waals surface area contributed by atoms with E-state index in [1.54, 1.807) is 42.8 Å². The van der Waals surface area contributed by atoms with Gasteiger partial charge in [0.15, 0.2) is 0 Å². The maximum absolute atomic E-state index is 13.2. The van der Waals surface area contributed by atoms with Crippen molar-refractivity contribution in [3.05, 3.63) is 52.4 Å². The predicted molar refractivity (Wildman–Crippen MR) is 122 cm³/mol. The number of hydrogen-bond acceptors (Lipinski definition) is 7. The number of carbonyl (C=O) groups is 2. The Morgan fingerprint density at radius 3 is 2.58 bits per heavy atom. The molecule has 0 bridgehead atoms. The minimum absolute atomic E-state index is 0.0782. The minimum atomic E-state index is -0.722. The van der Waals surface area contributed by atoms with Crippen LogP contribution in [0.4, 0.5) is 0 Å². The molecule has 9 heteroatoms. The largest absolute Gasteiger partial charge is 0.507 e. The summed E-state index contributed by atoms with van der Waals surface area (Å²) in [6.45, 7) is 7.43. The average Bonchev–Trinajstić information content (AvgIpc) is 3.23. The number of aromatic nitrogens is 2. The van der Waals surface area contributed by atoms with Gasteiger partial charge in [-0.05, 0) is 31.5 Å². The average molecular weight is 455 g/mol. The highest BCUT2D eigenvalue weighted by atomic mass is 16.5. The molecule has 4 rings (SSSR count). The minimum Gasteiger partial charge on any atom is -0.507 e. The zero-order valence-electron chi connectivity index (χ0n) is 19.5. The van der Waals surface area contributed by atoms with E-state index in [1.165, 1.54) is 0 Å². The molecule has 2 aliphatic rings. The molecule has 1 aromatic heterocycles. The van der Waals surface area contributed by atoms with Crippen LogP contribution in [0, 0.1) is 13.8 Å². The van der Waals surface area contributed by atoms with Crippen LogP contribution in [0.3, 0.4) is 0 Å². The fourth-order valence-electron chi connectivity index (χ4n) is 4.59. The predicted octanol–water partition coefficient (Wildman–Crippen LogP) is 1.80. The third kappa shape index (κ3) is 4.26. The number of benzene rings is 1. The summed E-state index contributed by atoms with van der Waals surface area (Å²) in [4.78, 5) is 30.2. The monoisotopic (exact) mass is 454 g/mol. The van der Waals surface area contributed by atoms with Crippen LogP contribution in [-0.4, -0.2) is 82.9 Å². The number of likely N-dealkylation sites (tertiary alicyclic amines) is 1. The molecule has 0 saturated carbocycles. The summed E-state index contributed by atoms with van der Waals surface area (Å²) < 4.78 is 12.4. The van der Waals surface area contributed by atoms with Crippen LogP contribution < -0.4 is 4.74 Å². The number of carbonyl (C=O) groups excluding carboxylic acids is 2. The Kier molecular flexibility index (Phi) is 6.53. The van der Waals surface area contributed by atoms with Gasteiger partial charge in [0.1, 0.15) is 11.5 Å². The SMILES string of the molecule is COc1cccc([C@@H]2/C(=C(\O)c3c(C)nn(C)c3C)C(=O)C(=O)N2CCN2CCOCC2)c1. The molecule has 2 fully saturated rings. The lowest BCUT2D eigenvalue weighted by Crippen LogP contribution is -2.42. The van der Waals surface area contributed by atoms with Gasteiger partial charge in [-0.25, -0.2) is 0 Å². The molecule has 1 N–H and O–H groups in total. The number of aryl methyl sites for hydroxylation is 2. The van der Waals surface area contributed by atoms with Crippen molar-refractivity contribution in [1.82, 2.24) is 19.6 Å². The molecule has 0 unspecified atom stereocenters. The fourth-order valence-corrected chi connectivity index (χ4v) is 4.59. The number of rotatable bonds is 6. The summed E-state index contributed by atoms with van der Waals surface area (Å²) in [6.07, 6.45) is 0. The molecule has 3 heterocycles. The van der Waals surface area contributed by atoms with Crippen molar-refractivity contribution in [2.45, 2.75) is 19.9 Å². The molecule has 1 amide bonds. The third-order valence-corrected chi connectivity index (χ3v) is 6.46. The van der Waals surface area contributed by atoms with Crippen LogP contribution in [0.2, 0.25) is 0 Å². The van der Waals surface area contributed by atoms with E-state index in [-0.39, 0.29) is 11.3 Å². The Morgan fingerprint density at radius 2 is 1.94 bits per heavy atom. The van der Waals surface area contributed by atoms with Crippen molar-refractivity contribution in [2.75, 3.05) is 46.5 Å². The van der Waals surface area contributed by atoms with Gasteiger partial charge < -0.3 is 19.5 Å². The fraction of sp³-hybridized carbons (Fsp3) is 0.458. The smallest absolute Gasteiger partial charge is 0.295 e. The molecule has 0 spiro atoms. The van der Waals surface area contributed by atoms with Gasteiger partial charge in [-0.2, -0.15) is 5.10 Å². The van der Waals surface area contributed by atoms with Crippen molar-refractivity contribution in [3.8, 4) is 5.75 Å². The summed E-state index contributed by atoms with van der Waals surface area (Å²) in [7, 11) is 3.34. The third-order valence-electron chi connectivity index (χ3n) is 6.46. The van der Waals surface area contributed by atoms with Gasteiger partial charge in [-0.1, -0.05) is 12.1 Å². The van der Waals surface area contributed by atoms with E-state index >= 15 is 0 Å². The van der Waals surface area contributed by atoms with Crippen molar-refractivity contribution >= 4 is 17.4 Å². The molecule has 0 radical (unpaired) electrons. The van der Waals surface area contributed by atoms with E-state index in [0.29, 0.717) is 54.6 Å². The molecule has 2 aromatic rings. The van der Waals surface area contributed by atoms with Crippen LogP contribution in [0.25, 0.3) is 5.76 Å². The molecule has 0 aliphatic carbocycles. The van der Waals surface area contributed by atoms with E-state index < -0.39 is 17.7 Å². The number of ether oxygens (including phenoxy) is 2. The zero-order chi connectivity index (χ0) is 23.7. The van der Waals surface area contributed by atoms with Crippen molar-refractivity contribution < 1.29 is 24.2 Å². The van der Waals surface area contributed by atoms with Gasteiger partial charge >= 0.3 is 0 Å². The Bertz CT molecular complexity index is 1100.